The Morgan fingerprint density at radius 1 is 1.04 bits per heavy atom. The maximum absolute atomic E-state index is 12.8. The molecular formula is C19H34N4O2. The van der Waals surface area contributed by atoms with E-state index < -0.39 is 0 Å². The largest absolute Gasteiger partial charge is 0.341 e. The third-order valence-corrected chi connectivity index (χ3v) is 5.81. The third kappa shape index (κ3) is 5.09. The normalized spacial score (nSPS) is 29.6. The fourth-order valence-corrected chi connectivity index (χ4v) is 4.36. The molecule has 0 saturated carbocycles. The molecule has 3 unspecified atom stereocenters. The Morgan fingerprint density at radius 3 is 2.64 bits per heavy atom. The predicted molar refractivity (Wildman–Crippen MR) is 98.3 cm³/mol. The van der Waals surface area contributed by atoms with Crippen LogP contribution in [0.15, 0.2) is 0 Å². The van der Waals surface area contributed by atoms with Gasteiger partial charge in [-0.25, -0.2) is 4.79 Å². The van der Waals surface area contributed by atoms with E-state index in [1.807, 2.05) is 4.90 Å². The number of hydrogen-bond donors (Lipinski definition) is 2. The van der Waals surface area contributed by atoms with Crippen LogP contribution in [0.3, 0.4) is 0 Å². The summed E-state index contributed by atoms with van der Waals surface area (Å²) in [6, 6.07) is 1.13. The molecule has 6 heteroatoms. The Morgan fingerprint density at radius 2 is 1.84 bits per heavy atom. The summed E-state index contributed by atoms with van der Waals surface area (Å²) in [4.78, 5) is 29.0. The first-order valence-electron chi connectivity index (χ1n) is 10.1. The molecule has 3 aliphatic heterocycles. The van der Waals surface area contributed by atoms with E-state index >= 15 is 0 Å². The van der Waals surface area contributed by atoms with E-state index in [0.717, 1.165) is 38.9 Å². The molecule has 0 aromatic rings. The average Bonchev–Trinajstić information content (AvgIpc) is 2.91. The molecule has 3 atom stereocenters. The van der Waals surface area contributed by atoms with Crippen LogP contribution < -0.4 is 10.6 Å². The van der Waals surface area contributed by atoms with Gasteiger partial charge in [-0.15, -0.1) is 0 Å². The van der Waals surface area contributed by atoms with Gasteiger partial charge in [0.2, 0.25) is 5.91 Å². The van der Waals surface area contributed by atoms with Crippen molar-refractivity contribution in [3.63, 3.8) is 0 Å². The van der Waals surface area contributed by atoms with Gasteiger partial charge in [-0.2, -0.15) is 0 Å². The van der Waals surface area contributed by atoms with E-state index in [4.69, 9.17) is 0 Å². The van der Waals surface area contributed by atoms with Gasteiger partial charge in [0.1, 0.15) is 0 Å². The van der Waals surface area contributed by atoms with Gasteiger partial charge in [0.15, 0.2) is 0 Å². The summed E-state index contributed by atoms with van der Waals surface area (Å²) in [6.07, 6.45) is 6.18. The minimum absolute atomic E-state index is 0.0298. The molecule has 0 radical (unpaired) electrons. The van der Waals surface area contributed by atoms with E-state index in [-0.39, 0.29) is 11.9 Å². The topological polar surface area (TPSA) is 64.7 Å². The van der Waals surface area contributed by atoms with Crippen LogP contribution in [0.2, 0.25) is 0 Å². The van der Waals surface area contributed by atoms with Gasteiger partial charge in [-0.3, -0.25) is 4.79 Å². The van der Waals surface area contributed by atoms with Crippen molar-refractivity contribution in [1.29, 1.82) is 0 Å². The minimum atomic E-state index is 0.0298. The Kier molecular flexibility index (Phi) is 6.20. The number of rotatable bonds is 4. The van der Waals surface area contributed by atoms with Crippen LogP contribution in [0.25, 0.3) is 0 Å². The van der Waals surface area contributed by atoms with Crippen molar-refractivity contribution < 1.29 is 9.59 Å². The molecule has 25 heavy (non-hydrogen) atoms. The van der Waals surface area contributed by atoms with Gasteiger partial charge in [-0.05, 0) is 43.9 Å². The van der Waals surface area contributed by atoms with Gasteiger partial charge in [0.25, 0.3) is 0 Å². The van der Waals surface area contributed by atoms with Crippen molar-refractivity contribution in [1.82, 2.24) is 20.4 Å². The molecule has 3 saturated heterocycles. The summed E-state index contributed by atoms with van der Waals surface area (Å²) in [5, 5.41) is 6.63. The predicted octanol–water partition coefficient (Wildman–Crippen LogP) is 1.81. The Labute approximate surface area is 151 Å². The summed E-state index contributed by atoms with van der Waals surface area (Å²) in [6.45, 7) is 8.18. The van der Waals surface area contributed by atoms with Crippen LogP contribution in [-0.4, -0.2) is 66.5 Å². The molecule has 3 rings (SSSR count). The highest BCUT2D eigenvalue weighted by molar-refractivity contribution is 5.77. The summed E-state index contributed by atoms with van der Waals surface area (Å²) < 4.78 is 0. The molecule has 2 N–H and O–H groups in total. The van der Waals surface area contributed by atoms with Crippen LogP contribution >= 0.6 is 0 Å². The lowest BCUT2D eigenvalue weighted by atomic mass is 9.94. The smallest absolute Gasteiger partial charge is 0.317 e. The van der Waals surface area contributed by atoms with Gasteiger partial charge in [-0.1, -0.05) is 13.8 Å². The van der Waals surface area contributed by atoms with Gasteiger partial charge in [0, 0.05) is 51.2 Å². The molecule has 0 aliphatic carbocycles. The molecule has 0 aromatic heterocycles. The molecule has 0 aromatic carbocycles. The number of urea groups is 1. The molecule has 2 bridgehead atoms. The quantitative estimate of drug-likeness (QED) is 0.813. The number of likely N-dealkylation sites (tertiary alicyclic amines) is 2. The number of amides is 3. The zero-order valence-corrected chi connectivity index (χ0v) is 15.8. The first-order valence-corrected chi connectivity index (χ1v) is 10.1. The van der Waals surface area contributed by atoms with Gasteiger partial charge >= 0.3 is 6.03 Å². The molecule has 3 amide bonds. The average molecular weight is 351 g/mol. The van der Waals surface area contributed by atoms with E-state index in [0.29, 0.717) is 43.4 Å². The number of carbonyl (C=O) groups is 2. The highest BCUT2D eigenvalue weighted by Crippen LogP contribution is 2.24. The highest BCUT2D eigenvalue weighted by Gasteiger charge is 2.32. The van der Waals surface area contributed by atoms with Crippen molar-refractivity contribution in [2.75, 3.05) is 32.7 Å². The maximum Gasteiger partial charge on any atom is 0.317 e. The third-order valence-electron chi connectivity index (χ3n) is 5.81. The summed E-state index contributed by atoms with van der Waals surface area (Å²) >= 11 is 0. The summed E-state index contributed by atoms with van der Waals surface area (Å²) in [5.41, 5.74) is 0. The molecule has 6 nitrogen and oxygen atoms in total. The molecule has 0 spiro atoms. The lowest BCUT2D eigenvalue weighted by Crippen LogP contribution is -2.47. The zero-order chi connectivity index (χ0) is 17.8. The number of fused-ring (bicyclic) bond motifs is 2. The SMILES string of the molecule is CC(C)CNC(=O)N1CCCC(CC(=O)N2CCC3CCC(C2)N3)C1. The van der Waals surface area contributed by atoms with Crippen molar-refractivity contribution in [3.05, 3.63) is 0 Å². The van der Waals surface area contributed by atoms with Crippen LogP contribution in [0, 0.1) is 11.8 Å². The number of hydrogen-bond acceptors (Lipinski definition) is 3. The number of nitrogens with zero attached hydrogens (tertiary/aromatic N) is 2. The second kappa shape index (κ2) is 8.39. The van der Waals surface area contributed by atoms with Crippen molar-refractivity contribution >= 4 is 11.9 Å². The fraction of sp³-hybridized carbons (Fsp3) is 0.895. The number of nitrogens with one attached hydrogen (secondary N) is 2. The first kappa shape index (κ1) is 18.5. The van der Waals surface area contributed by atoms with E-state index in [2.05, 4.69) is 29.4 Å². The van der Waals surface area contributed by atoms with Crippen molar-refractivity contribution in [2.45, 2.75) is 64.5 Å². The molecule has 3 aliphatic rings. The Balaban J connectivity index is 1.47. The second-order valence-electron chi connectivity index (χ2n) is 8.50. The van der Waals surface area contributed by atoms with Crippen LogP contribution in [-0.2, 0) is 4.79 Å². The zero-order valence-electron chi connectivity index (χ0n) is 15.8. The molecule has 142 valence electrons. The van der Waals surface area contributed by atoms with Crippen molar-refractivity contribution in [2.24, 2.45) is 11.8 Å². The Bertz CT molecular complexity index is 482. The van der Waals surface area contributed by atoms with Gasteiger partial charge in [0.05, 0.1) is 0 Å². The first-order chi connectivity index (χ1) is 12.0. The van der Waals surface area contributed by atoms with E-state index in [1.165, 1.54) is 12.8 Å². The van der Waals surface area contributed by atoms with Crippen molar-refractivity contribution in [3.8, 4) is 0 Å². The summed E-state index contributed by atoms with van der Waals surface area (Å²) in [7, 11) is 0. The van der Waals surface area contributed by atoms with Crippen LogP contribution in [0.4, 0.5) is 4.79 Å². The van der Waals surface area contributed by atoms with E-state index in [9.17, 15) is 9.59 Å². The summed E-state index contributed by atoms with van der Waals surface area (Å²) in [5.74, 6) is 1.04. The molecule has 3 fully saturated rings. The monoisotopic (exact) mass is 350 g/mol. The standard InChI is InChI=1S/C19H34N4O2/c1-14(2)11-20-19(25)23-8-3-4-15(12-23)10-18(24)22-9-7-16-5-6-17(13-22)21-16/h14-17,21H,3-13H2,1-2H3,(H,20,25). The van der Waals surface area contributed by atoms with Gasteiger partial charge < -0.3 is 20.4 Å². The number of carbonyl (C=O) groups excluding carboxylic acids is 2. The van der Waals surface area contributed by atoms with Crippen LogP contribution in [0.1, 0.15) is 52.4 Å². The molecule has 3 heterocycles. The highest BCUT2D eigenvalue weighted by atomic mass is 16.2. The number of piperidine rings is 1. The maximum atomic E-state index is 12.8. The minimum Gasteiger partial charge on any atom is -0.341 e. The lowest BCUT2D eigenvalue weighted by Gasteiger charge is -2.34. The second-order valence-corrected chi connectivity index (χ2v) is 8.50. The Hall–Kier alpha value is -1.30. The lowest BCUT2D eigenvalue weighted by molar-refractivity contribution is -0.132. The fourth-order valence-electron chi connectivity index (χ4n) is 4.36. The van der Waals surface area contributed by atoms with Crippen LogP contribution in [0.5, 0.6) is 0 Å². The molecular weight excluding hydrogens is 316 g/mol. The van der Waals surface area contributed by atoms with E-state index in [1.54, 1.807) is 0 Å².